The van der Waals surface area contributed by atoms with E-state index >= 15 is 0 Å². The number of hydrogen-bond acceptors (Lipinski definition) is 6. The van der Waals surface area contributed by atoms with Crippen LogP contribution in [0.5, 0.6) is 0 Å². The number of nitro groups is 1. The molecule has 0 saturated carbocycles. The standard InChI is InChI=1S/C11H14ClN5O4/c1-2-14-9(18)5-15-11(19)6-3-7(12)10(16-13)8(4-6)17(20)21/h3-4,16H,2,5,13H2,1H3,(H,14,18)(H,15,19). The topological polar surface area (TPSA) is 139 Å². The van der Waals surface area contributed by atoms with Crippen LogP contribution in [0.2, 0.25) is 5.02 Å². The molecule has 0 spiro atoms. The zero-order chi connectivity index (χ0) is 16.0. The lowest BCUT2D eigenvalue weighted by Gasteiger charge is -2.08. The second kappa shape index (κ2) is 7.41. The lowest BCUT2D eigenvalue weighted by molar-refractivity contribution is -0.384. The van der Waals surface area contributed by atoms with E-state index in [1.165, 1.54) is 6.07 Å². The predicted molar refractivity (Wildman–Crippen MR) is 76.9 cm³/mol. The summed E-state index contributed by atoms with van der Waals surface area (Å²) in [4.78, 5) is 33.3. The molecule has 1 aromatic rings. The molecule has 0 saturated heterocycles. The molecule has 0 fully saturated rings. The highest BCUT2D eigenvalue weighted by molar-refractivity contribution is 6.34. The normalized spacial score (nSPS) is 9.86. The average Bonchev–Trinajstić information content (AvgIpc) is 2.44. The van der Waals surface area contributed by atoms with Gasteiger partial charge in [0.2, 0.25) is 5.91 Å². The maximum Gasteiger partial charge on any atom is 0.295 e. The van der Waals surface area contributed by atoms with Gasteiger partial charge in [-0.1, -0.05) is 11.6 Å². The lowest BCUT2D eigenvalue weighted by atomic mass is 10.1. The van der Waals surface area contributed by atoms with E-state index in [4.69, 9.17) is 17.4 Å². The van der Waals surface area contributed by atoms with E-state index in [0.717, 1.165) is 6.07 Å². The SMILES string of the molecule is CCNC(=O)CNC(=O)c1cc(Cl)c(NN)c([N+](=O)[O-])c1. The smallest absolute Gasteiger partial charge is 0.295 e. The Morgan fingerprint density at radius 2 is 2.05 bits per heavy atom. The molecule has 2 amide bonds. The van der Waals surface area contributed by atoms with Crippen LogP contribution in [-0.4, -0.2) is 29.8 Å². The first-order valence-electron chi connectivity index (χ1n) is 5.90. The first-order valence-corrected chi connectivity index (χ1v) is 6.28. The van der Waals surface area contributed by atoms with Crippen molar-refractivity contribution in [3.63, 3.8) is 0 Å². The largest absolute Gasteiger partial charge is 0.355 e. The molecule has 0 heterocycles. The van der Waals surface area contributed by atoms with E-state index in [2.05, 4.69) is 16.1 Å². The summed E-state index contributed by atoms with van der Waals surface area (Å²) in [7, 11) is 0. The highest BCUT2D eigenvalue weighted by atomic mass is 35.5. The molecule has 5 N–H and O–H groups in total. The highest BCUT2D eigenvalue weighted by Gasteiger charge is 2.21. The maximum atomic E-state index is 11.9. The van der Waals surface area contributed by atoms with Gasteiger partial charge in [0.1, 0.15) is 5.69 Å². The van der Waals surface area contributed by atoms with Crippen LogP contribution < -0.4 is 21.9 Å². The Balaban J connectivity index is 2.95. The maximum absolute atomic E-state index is 11.9. The minimum absolute atomic E-state index is 0.0463. The predicted octanol–water partition coefficient (Wildman–Crippen LogP) is 0.400. The minimum Gasteiger partial charge on any atom is -0.355 e. The number of nitrogens with one attached hydrogen (secondary N) is 3. The molecule has 0 aliphatic carbocycles. The van der Waals surface area contributed by atoms with Gasteiger partial charge in [0.05, 0.1) is 16.5 Å². The Morgan fingerprint density at radius 1 is 1.38 bits per heavy atom. The van der Waals surface area contributed by atoms with E-state index in [9.17, 15) is 19.7 Å². The monoisotopic (exact) mass is 315 g/mol. The Hall–Kier alpha value is -2.39. The zero-order valence-electron chi connectivity index (χ0n) is 11.1. The van der Waals surface area contributed by atoms with Gasteiger partial charge in [0.15, 0.2) is 0 Å². The fourth-order valence-electron chi connectivity index (χ4n) is 1.53. The van der Waals surface area contributed by atoms with Crippen LogP contribution in [0.3, 0.4) is 0 Å². The van der Waals surface area contributed by atoms with E-state index in [-0.39, 0.29) is 28.7 Å². The van der Waals surface area contributed by atoms with Gasteiger partial charge in [0, 0.05) is 18.2 Å². The summed E-state index contributed by atoms with van der Waals surface area (Å²) in [5, 5.41) is 15.7. The first-order chi connectivity index (χ1) is 9.90. The van der Waals surface area contributed by atoms with Crippen molar-refractivity contribution in [1.29, 1.82) is 0 Å². The van der Waals surface area contributed by atoms with Crippen molar-refractivity contribution < 1.29 is 14.5 Å². The second-order valence-corrected chi connectivity index (χ2v) is 4.30. The van der Waals surface area contributed by atoms with Crippen molar-refractivity contribution in [3.05, 3.63) is 32.8 Å². The van der Waals surface area contributed by atoms with Crippen LogP contribution in [0.25, 0.3) is 0 Å². The number of carbonyl (C=O) groups excluding carboxylic acids is 2. The molecule has 1 aromatic carbocycles. The van der Waals surface area contributed by atoms with E-state index in [1.54, 1.807) is 6.92 Å². The molecule has 0 bridgehead atoms. The third-order valence-corrected chi connectivity index (χ3v) is 2.75. The molecule has 0 unspecified atom stereocenters. The average molecular weight is 316 g/mol. The van der Waals surface area contributed by atoms with Gasteiger partial charge < -0.3 is 16.1 Å². The summed E-state index contributed by atoms with van der Waals surface area (Å²) < 4.78 is 0. The fraction of sp³-hybridized carbons (Fsp3) is 0.273. The van der Waals surface area contributed by atoms with E-state index in [1.807, 2.05) is 0 Å². The number of benzene rings is 1. The van der Waals surface area contributed by atoms with Crippen molar-refractivity contribution in [2.75, 3.05) is 18.5 Å². The van der Waals surface area contributed by atoms with E-state index < -0.39 is 16.5 Å². The number of carbonyl (C=O) groups is 2. The molecule has 0 aliphatic rings. The third kappa shape index (κ3) is 4.29. The molecule has 114 valence electrons. The fourth-order valence-corrected chi connectivity index (χ4v) is 1.80. The molecular weight excluding hydrogens is 302 g/mol. The number of nitrogen functional groups attached to an aromatic ring is 1. The number of nitrogens with two attached hydrogens (primary N) is 1. The van der Waals surface area contributed by atoms with Crippen LogP contribution in [0.1, 0.15) is 17.3 Å². The summed E-state index contributed by atoms with van der Waals surface area (Å²) in [5.74, 6) is 4.13. The minimum atomic E-state index is -0.721. The highest BCUT2D eigenvalue weighted by Crippen LogP contribution is 2.32. The number of rotatable bonds is 6. The second-order valence-electron chi connectivity index (χ2n) is 3.89. The number of halogens is 1. The van der Waals surface area contributed by atoms with Crippen LogP contribution in [-0.2, 0) is 4.79 Å². The number of nitro benzene ring substituents is 1. The quantitative estimate of drug-likeness (QED) is 0.340. The van der Waals surface area contributed by atoms with E-state index in [0.29, 0.717) is 6.54 Å². The van der Waals surface area contributed by atoms with Gasteiger partial charge in [-0.2, -0.15) is 0 Å². The number of amides is 2. The molecule has 1 rings (SSSR count). The summed E-state index contributed by atoms with van der Waals surface area (Å²) in [6.07, 6.45) is 0. The molecule has 0 atom stereocenters. The molecular formula is C11H14ClN5O4. The van der Waals surface area contributed by atoms with Crippen molar-refractivity contribution >= 4 is 34.8 Å². The van der Waals surface area contributed by atoms with Crippen LogP contribution in [0.15, 0.2) is 12.1 Å². The molecule has 0 aromatic heterocycles. The Morgan fingerprint density at radius 3 is 2.57 bits per heavy atom. The molecule has 0 aliphatic heterocycles. The third-order valence-electron chi connectivity index (χ3n) is 2.46. The van der Waals surface area contributed by atoms with Crippen molar-refractivity contribution in [1.82, 2.24) is 10.6 Å². The summed E-state index contributed by atoms with van der Waals surface area (Å²) in [5.41, 5.74) is 1.53. The number of hydrogen-bond donors (Lipinski definition) is 4. The first kappa shape index (κ1) is 16.7. The zero-order valence-corrected chi connectivity index (χ0v) is 11.9. The van der Waals surface area contributed by atoms with Crippen LogP contribution >= 0.6 is 11.6 Å². The molecule has 9 nitrogen and oxygen atoms in total. The van der Waals surface area contributed by atoms with Crippen LogP contribution in [0, 0.1) is 10.1 Å². The van der Waals surface area contributed by atoms with Crippen molar-refractivity contribution in [3.8, 4) is 0 Å². The van der Waals surface area contributed by atoms with Gasteiger partial charge >= 0.3 is 0 Å². The van der Waals surface area contributed by atoms with Gasteiger partial charge in [-0.3, -0.25) is 25.5 Å². The number of hydrazine groups is 1. The molecule has 0 radical (unpaired) electrons. The van der Waals surface area contributed by atoms with Crippen molar-refractivity contribution in [2.45, 2.75) is 6.92 Å². The lowest BCUT2D eigenvalue weighted by Crippen LogP contribution is -2.36. The summed E-state index contributed by atoms with van der Waals surface area (Å²) in [6, 6.07) is 2.24. The Bertz CT molecular complexity index is 578. The summed E-state index contributed by atoms with van der Waals surface area (Å²) in [6.45, 7) is 1.93. The number of nitrogens with zero attached hydrogens (tertiary/aromatic N) is 1. The van der Waals surface area contributed by atoms with Gasteiger partial charge in [0.25, 0.3) is 11.6 Å². The van der Waals surface area contributed by atoms with Gasteiger partial charge in [-0.15, -0.1) is 0 Å². The number of likely N-dealkylation sites (N-methyl/N-ethyl adjacent to an activating group) is 1. The van der Waals surface area contributed by atoms with Crippen LogP contribution in [0.4, 0.5) is 11.4 Å². The van der Waals surface area contributed by atoms with Crippen molar-refractivity contribution in [2.24, 2.45) is 5.84 Å². The summed E-state index contributed by atoms with van der Waals surface area (Å²) >= 11 is 5.83. The Labute approximate surface area is 124 Å². The molecule has 21 heavy (non-hydrogen) atoms. The van der Waals surface area contributed by atoms with Gasteiger partial charge in [-0.25, -0.2) is 0 Å². The molecule has 10 heteroatoms. The van der Waals surface area contributed by atoms with Gasteiger partial charge in [-0.05, 0) is 13.0 Å². The Kier molecular flexibility index (Phi) is 5.88. The number of anilines is 1.